The van der Waals surface area contributed by atoms with Gasteiger partial charge in [-0.25, -0.2) is 4.79 Å². The molecule has 196 valence electrons. The lowest BCUT2D eigenvalue weighted by molar-refractivity contribution is 0.103. The molecule has 6 heteroatoms. The van der Waals surface area contributed by atoms with Crippen LogP contribution in [0.2, 0.25) is 0 Å². The molecule has 0 spiro atoms. The number of aromatic amines is 1. The molecule has 0 bridgehead atoms. The highest BCUT2D eigenvalue weighted by Crippen LogP contribution is 2.30. The fourth-order valence-corrected chi connectivity index (χ4v) is 4.60. The SMILES string of the molecule is CCCCCCCCCCCCCCCCCC(=NO)c1c(OC(=O)OCC)[nH]c2ccccc12. The van der Waals surface area contributed by atoms with Gasteiger partial charge in [-0.05, 0) is 25.8 Å². The van der Waals surface area contributed by atoms with E-state index in [2.05, 4.69) is 17.1 Å². The van der Waals surface area contributed by atoms with Crippen LogP contribution in [0.15, 0.2) is 29.4 Å². The summed E-state index contributed by atoms with van der Waals surface area (Å²) in [5, 5.41) is 14.2. The predicted molar refractivity (Wildman–Crippen MR) is 144 cm³/mol. The Balaban J connectivity index is 1.66. The largest absolute Gasteiger partial charge is 0.515 e. The third-order valence-corrected chi connectivity index (χ3v) is 6.55. The number of carbonyl (C=O) groups is 1. The molecule has 1 aromatic heterocycles. The fourth-order valence-electron chi connectivity index (χ4n) is 4.60. The monoisotopic (exact) mass is 486 g/mol. The molecule has 2 rings (SSSR count). The van der Waals surface area contributed by atoms with Gasteiger partial charge < -0.3 is 19.7 Å². The van der Waals surface area contributed by atoms with Crippen molar-refractivity contribution in [2.75, 3.05) is 6.61 Å². The number of nitrogens with zero attached hydrogens (tertiary/aromatic N) is 1. The van der Waals surface area contributed by atoms with E-state index in [1.165, 1.54) is 83.5 Å². The second kappa shape index (κ2) is 17.9. The van der Waals surface area contributed by atoms with Crippen LogP contribution in [0.4, 0.5) is 4.79 Å². The summed E-state index contributed by atoms with van der Waals surface area (Å²) >= 11 is 0. The molecule has 0 aliphatic rings. The van der Waals surface area contributed by atoms with E-state index < -0.39 is 6.16 Å². The van der Waals surface area contributed by atoms with E-state index in [1.54, 1.807) is 6.92 Å². The lowest BCUT2D eigenvalue weighted by Crippen LogP contribution is -2.13. The summed E-state index contributed by atoms with van der Waals surface area (Å²) in [6.07, 6.45) is 19.4. The molecule has 2 N–H and O–H groups in total. The molecule has 0 fully saturated rings. The molecule has 6 nitrogen and oxygen atoms in total. The van der Waals surface area contributed by atoms with Crippen LogP contribution in [0.25, 0.3) is 10.9 Å². The van der Waals surface area contributed by atoms with Gasteiger partial charge in [-0.1, -0.05) is 120 Å². The summed E-state index contributed by atoms with van der Waals surface area (Å²) in [5.41, 5.74) is 1.97. The van der Waals surface area contributed by atoms with Gasteiger partial charge >= 0.3 is 6.16 Å². The number of unbranched alkanes of at least 4 members (excludes halogenated alkanes) is 14. The number of H-pyrrole nitrogens is 1. The van der Waals surface area contributed by atoms with E-state index in [4.69, 9.17) is 9.47 Å². The van der Waals surface area contributed by atoms with Crippen LogP contribution in [-0.4, -0.2) is 28.7 Å². The smallest absolute Gasteiger partial charge is 0.434 e. The molecular weight excluding hydrogens is 440 g/mol. The van der Waals surface area contributed by atoms with Crippen LogP contribution in [0, 0.1) is 0 Å². The third-order valence-electron chi connectivity index (χ3n) is 6.55. The van der Waals surface area contributed by atoms with Crippen molar-refractivity contribution in [3.05, 3.63) is 29.8 Å². The number of oxime groups is 1. The number of ether oxygens (including phenoxy) is 2. The summed E-state index contributed by atoms with van der Waals surface area (Å²) in [7, 11) is 0. The van der Waals surface area contributed by atoms with E-state index >= 15 is 0 Å². The molecule has 0 saturated carbocycles. The van der Waals surface area contributed by atoms with Crippen molar-refractivity contribution < 1.29 is 19.5 Å². The minimum atomic E-state index is -0.774. The van der Waals surface area contributed by atoms with Gasteiger partial charge in [0.1, 0.15) is 0 Å². The summed E-state index contributed by atoms with van der Waals surface area (Å²) in [6, 6.07) is 7.65. The average Bonchev–Trinajstić information content (AvgIpc) is 3.21. The molecule has 2 aromatic rings. The van der Waals surface area contributed by atoms with Crippen molar-refractivity contribution >= 4 is 22.8 Å². The normalized spacial score (nSPS) is 11.8. The molecule has 0 amide bonds. The average molecular weight is 487 g/mol. The van der Waals surface area contributed by atoms with Gasteiger partial charge in [0.15, 0.2) is 0 Å². The standard InChI is InChI=1S/C29H46N2O4/c1-3-5-6-7-8-9-10-11-12-13-14-15-16-17-18-23-26(31-33)27-24-21-19-20-22-25(24)30-28(27)35-29(32)34-4-2/h19-22,30,33H,3-18,23H2,1-2H3. The summed E-state index contributed by atoms with van der Waals surface area (Å²) in [6.45, 7) is 4.23. The number of para-hydroxylation sites is 1. The molecular formula is C29H46N2O4. The van der Waals surface area contributed by atoms with Crippen LogP contribution < -0.4 is 4.74 Å². The van der Waals surface area contributed by atoms with E-state index in [0.29, 0.717) is 17.7 Å². The third kappa shape index (κ3) is 10.7. The predicted octanol–water partition coefficient (Wildman–Crippen LogP) is 9.14. The zero-order valence-electron chi connectivity index (χ0n) is 21.9. The molecule has 0 aliphatic carbocycles. The Hall–Kier alpha value is -2.50. The van der Waals surface area contributed by atoms with Crippen LogP contribution in [0.3, 0.4) is 0 Å². The Morgan fingerprint density at radius 1 is 0.829 bits per heavy atom. The van der Waals surface area contributed by atoms with E-state index in [1.807, 2.05) is 24.3 Å². The first-order valence-electron chi connectivity index (χ1n) is 13.9. The highest BCUT2D eigenvalue weighted by Gasteiger charge is 2.21. The van der Waals surface area contributed by atoms with Gasteiger partial charge in [0.25, 0.3) is 0 Å². The van der Waals surface area contributed by atoms with Gasteiger partial charge in [0, 0.05) is 10.9 Å². The maximum atomic E-state index is 11.9. The molecule has 1 heterocycles. The molecule has 0 unspecified atom stereocenters. The second-order valence-corrected chi connectivity index (χ2v) is 9.41. The van der Waals surface area contributed by atoms with E-state index in [9.17, 15) is 10.0 Å². The van der Waals surface area contributed by atoms with Crippen LogP contribution in [-0.2, 0) is 4.74 Å². The van der Waals surface area contributed by atoms with Gasteiger partial charge in [0.05, 0.1) is 17.9 Å². The molecule has 0 radical (unpaired) electrons. The first-order chi connectivity index (χ1) is 17.2. The number of fused-ring (bicyclic) bond motifs is 1. The maximum Gasteiger partial charge on any atom is 0.515 e. The lowest BCUT2D eigenvalue weighted by atomic mass is 10.0. The Morgan fingerprint density at radius 2 is 1.37 bits per heavy atom. The van der Waals surface area contributed by atoms with Crippen molar-refractivity contribution in [1.29, 1.82) is 0 Å². The summed E-state index contributed by atoms with van der Waals surface area (Å²) in [4.78, 5) is 15.0. The second-order valence-electron chi connectivity index (χ2n) is 9.41. The molecule has 0 saturated heterocycles. The van der Waals surface area contributed by atoms with Crippen molar-refractivity contribution in [3.8, 4) is 5.88 Å². The minimum Gasteiger partial charge on any atom is -0.434 e. The number of rotatable bonds is 19. The zero-order valence-corrected chi connectivity index (χ0v) is 21.9. The summed E-state index contributed by atoms with van der Waals surface area (Å²) in [5.74, 6) is 0.262. The summed E-state index contributed by atoms with van der Waals surface area (Å²) < 4.78 is 10.3. The number of nitrogens with one attached hydrogen (secondary N) is 1. The maximum absolute atomic E-state index is 11.9. The molecule has 35 heavy (non-hydrogen) atoms. The van der Waals surface area contributed by atoms with Gasteiger partial charge in [-0.3, -0.25) is 0 Å². The Labute approximate surface area is 211 Å². The van der Waals surface area contributed by atoms with Crippen molar-refractivity contribution in [2.24, 2.45) is 5.16 Å². The zero-order chi connectivity index (χ0) is 25.1. The minimum absolute atomic E-state index is 0.231. The Morgan fingerprint density at radius 3 is 1.91 bits per heavy atom. The number of benzene rings is 1. The quantitative estimate of drug-likeness (QED) is 0.0681. The highest BCUT2D eigenvalue weighted by atomic mass is 16.7. The Kier molecular flexibility index (Phi) is 14.7. The fraction of sp³-hybridized carbons (Fsp3) is 0.655. The number of hydrogen-bond acceptors (Lipinski definition) is 5. The topological polar surface area (TPSA) is 83.9 Å². The first-order valence-corrected chi connectivity index (χ1v) is 13.9. The number of aromatic nitrogens is 1. The number of carbonyl (C=O) groups excluding carboxylic acids is 1. The van der Waals surface area contributed by atoms with E-state index in [0.717, 1.165) is 23.7 Å². The Bertz CT molecular complexity index is 875. The van der Waals surface area contributed by atoms with Gasteiger partial charge in [-0.15, -0.1) is 0 Å². The highest BCUT2D eigenvalue weighted by molar-refractivity contribution is 6.13. The van der Waals surface area contributed by atoms with Gasteiger partial charge in [0.2, 0.25) is 5.88 Å². The van der Waals surface area contributed by atoms with Crippen LogP contribution in [0.1, 0.15) is 122 Å². The van der Waals surface area contributed by atoms with Gasteiger partial charge in [-0.2, -0.15) is 0 Å². The van der Waals surface area contributed by atoms with Crippen LogP contribution in [0.5, 0.6) is 5.88 Å². The molecule has 1 aromatic carbocycles. The van der Waals surface area contributed by atoms with E-state index in [-0.39, 0.29) is 12.5 Å². The van der Waals surface area contributed by atoms with Crippen molar-refractivity contribution in [2.45, 2.75) is 117 Å². The molecule has 0 atom stereocenters. The lowest BCUT2D eigenvalue weighted by Gasteiger charge is -2.08. The first kappa shape index (κ1) is 28.7. The molecule has 0 aliphatic heterocycles. The van der Waals surface area contributed by atoms with Crippen LogP contribution >= 0.6 is 0 Å². The van der Waals surface area contributed by atoms with Crippen molar-refractivity contribution in [1.82, 2.24) is 4.98 Å². The van der Waals surface area contributed by atoms with Crippen molar-refractivity contribution in [3.63, 3.8) is 0 Å². The number of hydrogen-bond donors (Lipinski definition) is 2.